The predicted molar refractivity (Wildman–Crippen MR) is 126 cm³/mol. The third kappa shape index (κ3) is 8.38. The minimum atomic E-state index is -2.18. The second-order valence-electron chi connectivity index (χ2n) is 10.9. The Morgan fingerprint density at radius 1 is 0.793 bits per heavy atom. The van der Waals surface area contributed by atoms with E-state index < -0.39 is 20.7 Å². The topological polar surface area (TPSA) is 36.9 Å². The van der Waals surface area contributed by atoms with E-state index in [1.54, 1.807) is 0 Å². The summed E-state index contributed by atoms with van der Waals surface area (Å²) in [5.41, 5.74) is -0.435. The molecule has 6 heteroatoms. The first-order valence-corrected chi connectivity index (χ1v) is 14.4. The van der Waals surface area contributed by atoms with Crippen molar-refractivity contribution in [1.82, 2.24) is 0 Å². The fourth-order valence-electron chi connectivity index (χ4n) is 3.51. The summed E-state index contributed by atoms with van der Waals surface area (Å²) in [7, 11) is -1.98. The molecular formula is C23H46BO4Si-. The highest BCUT2D eigenvalue weighted by atomic mass is 28.4. The summed E-state index contributed by atoms with van der Waals surface area (Å²) < 4.78 is 25.5. The fraction of sp³-hybridized carbons (Fsp3) is 0.913. The van der Waals surface area contributed by atoms with Crippen LogP contribution in [0.2, 0.25) is 18.1 Å². The summed E-state index contributed by atoms with van der Waals surface area (Å²) >= 11 is 0. The Balaban J connectivity index is 3.39. The monoisotopic (exact) mass is 425 g/mol. The van der Waals surface area contributed by atoms with Gasteiger partial charge in [0.15, 0.2) is 8.32 Å². The predicted octanol–water partition coefficient (Wildman–Crippen LogP) is 6.47. The van der Waals surface area contributed by atoms with E-state index in [-0.39, 0.29) is 23.4 Å². The van der Waals surface area contributed by atoms with Gasteiger partial charge in [0, 0.05) is 18.3 Å². The molecule has 0 heterocycles. The lowest BCUT2D eigenvalue weighted by atomic mass is 9.75. The van der Waals surface area contributed by atoms with Crippen molar-refractivity contribution in [2.45, 2.75) is 136 Å². The van der Waals surface area contributed by atoms with E-state index in [9.17, 15) is 0 Å². The van der Waals surface area contributed by atoms with Crippen LogP contribution in [0.25, 0.3) is 0 Å². The Bertz CT molecular complexity index is 537. The maximum Gasteiger partial charge on any atom is 0.457 e. The number of rotatable bonds is 8. The van der Waals surface area contributed by atoms with Gasteiger partial charge >= 0.3 is 6.75 Å². The Hall–Kier alpha value is -0.318. The molecule has 0 unspecified atom stereocenters. The SMILES string of the molecule is CC(C)O[B-](C#CC1(O[Si](C)(C)C(C)(C)C)CCCCC1)(OC(C)C)OC(C)C. The van der Waals surface area contributed by atoms with Crippen LogP contribution in [-0.4, -0.2) is 39.0 Å². The van der Waals surface area contributed by atoms with Crippen molar-refractivity contribution in [3.8, 4) is 11.7 Å². The number of hydrogen-bond donors (Lipinski definition) is 0. The second-order valence-corrected chi connectivity index (χ2v) is 15.6. The van der Waals surface area contributed by atoms with E-state index in [1.807, 2.05) is 41.5 Å². The zero-order valence-electron chi connectivity index (χ0n) is 21.0. The average molecular weight is 426 g/mol. The summed E-state index contributed by atoms with van der Waals surface area (Å²) in [6, 6.07) is 0. The van der Waals surface area contributed by atoms with Crippen LogP contribution in [0.5, 0.6) is 0 Å². The Kier molecular flexibility index (Phi) is 9.51. The molecule has 4 nitrogen and oxygen atoms in total. The van der Waals surface area contributed by atoms with Crippen LogP contribution in [0.1, 0.15) is 94.4 Å². The highest BCUT2D eigenvalue weighted by Gasteiger charge is 2.45. The van der Waals surface area contributed by atoms with Gasteiger partial charge in [0.2, 0.25) is 0 Å². The van der Waals surface area contributed by atoms with Crippen molar-refractivity contribution in [2.75, 3.05) is 0 Å². The second kappa shape index (κ2) is 10.3. The fourth-order valence-corrected chi connectivity index (χ4v) is 5.05. The standard InChI is InChI=1S/C23H46BO4Si/c1-19(2)25-24(26-20(3)4,27-21(5)6)18-17-23(15-13-12-14-16-23)28-29(10,11)22(7,8)9/h19-21H,12-16H2,1-11H3/q-1. The molecule has 0 atom stereocenters. The van der Waals surface area contributed by atoms with Crippen molar-refractivity contribution in [1.29, 1.82) is 0 Å². The van der Waals surface area contributed by atoms with Gasteiger partial charge in [-0.25, -0.2) is 5.82 Å². The Labute approximate surface area is 181 Å². The summed E-state index contributed by atoms with van der Waals surface area (Å²) in [5, 5.41) is 0.138. The molecule has 0 aromatic rings. The third-order valence-corrected chi connectivity index (χ3v) is 10.3. The van der Waals surface area contributed by atoms with Gasteiger partial charge in [-0.3, -0.25) is 0 Å². The first-order chi connectivity index (χ1) is 13.1. The minimum absolute atomic E-state index is 0.0505. The molecule has 1 aliphatic rings. The quantitative estimate of drug-likeness (QED) is 0.330. The van der Waals surface area contributed by atoms with Crippen molar-refractivity contribution in [3.05, 3.63) is 0 Å². The van der Waals surface area contributed by atoms with Gasteiger partial charge in [0.25, 0.3) is 0 Å². The van der Waals surface area contributed by atoms with Gasteiger partial charge < -0.3 is 18.4 Å². The molecule has 0 N–H and O–H groups in total. The zero-order chi connectivity index (χ0) is 22.5. The molecule has 0 bridgehead atoms. The van der Waals surface area contributed by atoms with Crippen LogP contribution in [0.3, 0.4) is 0 Å². The highest BCUT2D eigenvalue weighted by Crippen LogP contribution is 2.43. The van der Waals surface area contributed by atoms with E-state index in [1.165, 1.54) is 6.42 Å². The maximum atomic E-state index is 6.95. The molecule has 29 heavy (non-hydrogen) atoms. The van der Waals surface area contributed by atoms with E-state index in [2.05, 4.69) is 45.6 Å². The van der Waals surface area contributed by atoms with Crippen LogP contribution in [0.15, 0.2) is 0 Å². The number of hydrogen-bond acceptors (Lipinski definition) is 4. The third-order valence-electron chi connectivity index (χ3n) is 5.75. The lowest BCUT2D eigenvalue weighted by molar-refractivity contribution is 0.0157. The summed E-state index contributed by atoms with van der Waals surface area (Å²) in [6.45, 7) is 21.2. The largest absolute Gasteiger partial charge is 0.532 e. The molecule has 0 aromatic heterocycles. The molecule has 0 aromatic carbocycles. The molecule has 0 saturated heterocycles. The van der Waals surface area contributed by atoms with Gasteiger partial charge in [-0.05, 0) is 85.4 Å². The average Bonchev–Trinajstić information content (AvgIpc) is 2.50. The molecule has 0 aliphatic heterocycles. The first-order valence-electron chi connectivity index (χ1n) is 11.5. The Morgan fingerprint density at radius 2 is 1.21 bits per heavy atom. The smallest absolute Gasteiger partial charge is 0.457 e. The van der Waals surface area contributed by atoms with Crippen LogP contribution >= 0.6 is 0 Å². The molecular weight excluding hydrogens is 379 g/mol. The van der Waals surface area contributed by atoms with Crippen LogP contribution < -0.4 is 0 Å². The van der Waals surface area contributed by atoms with E-state index >= 15 is 0 Å². The molecule has 1 saturated carbocycles. The van der Waals surface area contributed by atoms with E-state index in [0.29, 0.717) is 0 Å². The van der Waals surface area contributed by atoms with Gasteiger partial charge in [0.05, 0.1) is 0 Å². The van der Waals surface area contributed by atoms with Crippen molar-refractivity contribution >= 4 is 15.1 Å². The van der Waals surface area contributed by atoms with E-state index in [4.69, 9.17) is 18.4 Å². The molecule has 0 radical (unpaired) electrons. The minimum Gasteiger partial charge on any atom is -0.532 e. The van der Waals surface area contributed by atoms with Gasteiger partial charge in [0.1, 0.15) is 5.60 Å². The highest BCUT2D eigenvalue weighted by molar-refractivity contribution is 6.74. The van der Waals surface area contributed by atoms with Crippen LogP contribution in [-0.2, 0) is 18.4 Å². The molecule has 0 spiro atoms. The first kappa shape index (κ1) is 26.7. The van der Waals surface area contributed by atoms with Gasteiger partial charge in [-0.2, -0.15) is 0 Å². The van der Waals surface area contributed by atoms with Crippen molar-refractivity contribution in [3.63, 3.8) is 0 Å². The normalized spacial score (nSPS) is 18.3. The Morgan fingerprint density at radius 3 is 1.55 bits per heavy atom. The molecule has 1 rings (SSSR count). The zero-order valence-corrected chi connectivity index (χ0v) is 22.0. The summed E-state index contributed by atoms with van der Waals surface area (Å²) in [5.74, 6) is 6.89. The van der Waals surface area contributed by atoms with E-state index in [0.717, 1.165) is 25.7 Å². The molecule has 0 amide bonds. The molecule has 1 fully saturated rings. The van der Waals surface area contributed by atoms with Gasteiger partial charge in [-0.1, -0.05) is 27.2 Å². The van der Waals surface area contributed by atoms with Crippen molar-refractivity contribution < 1.29 is 18.4 Å². The molecule has 1 aliphatic carbocycles. The van der Waals surface area contributed by atoms with Gasteiger partial charge in [-0.15, -0.1) is 5.92 Å². The van der Waals surface area contributed by atoms with Crippen molar-refractivity contribution in [2.24, 2.45) is 0 Å². The van der Waals surface area contributed by atoms with Crippen LogP contribution in [0, 0.1) is 11.7 Å². The summed E-state index contributed by atoms with van der Waals surface area (Å²) in [4.78, 5) is 0. The van der Waals surface area contributed by atoms with Crippen LogP contribution in [0.4, 0.5) is 0 Å². The maximum absolute atomic E-state index is 6.95. The molecule has 170 valence electrons. The lowest BCUT2D eigenvalue weighted by Crippen LogP contribution is -2.52. The lowest BCUT2D eigenvalue weighted by Gasteiger charge is -2.46. The summed E-state index contributed by atoms with van der Waals surface area (Å²) in [6.07, 6.45) is 5.30.